The first-order valence-electron chi connectivity index (χ1n) is 6.66. The molecule has 0 aliphatic rings. The molecule has 0 unspecified atom stereocenters. The van der Waals surface area contributed by atoms with Crippen LogP contribution in [0, 0.1) is 13.8 Å². The summed E-state index contributed by atoms with van der Waals surface area (Å²) >= 11 is 0. The summed E-state index contributed by atoms with van der Waals surface area (Å²) in [6.45, 7) is 4.01. The monoisotopic (exact) mass is 305 g/mol. The van der Waals surface area contributed by atoms with Crippen LogP contribution in [0.5, 0.6) is 0 Å². The Labute approximate surface area is 125 Å². The molecule has 21 heavy (non-hydrogen) atoms. The summed E-state index contributed by atoms with van der Waals surface area (Å²) in [5.41, 5.74) is 8.94. The molecule has 1 heterocycles. The molecule has 0 fully saturated rings. The smallest absolute Gasteiger partial charge is 0.240 e. The van der Waals surface area contributed by atoms with E-state index in [9.17, 15) is 8.42 Å². The molecular formula is C15H19N3O2S. The zero-order valence-corrected chi connectivity index (χ0v) is 12.9. The molecule has 112 valence electrons. The third-order valence-corrected chi connectivity index (χ3v) is 4.83. The van der Waals surface area contributed by atoms with E-state index in [1.54, 1.807) is 12.3 Å². The van der Waals surface area contributed by atoms with Crippen molar-refractivity contribution < 1.29 is 8.42 Å². The highest BCUT2D eigenvalue weighted by atomic mass is 32.2. The second-order valence-electron chi connectivity index (χ2n) is 4.92. The second kappa shape index (κ2) is 6.24. The fourth-order valence-electron chi connectivity index (χ4n) is 1.95. The zero-order valence-electron chi connectivity index (χ0n) is 12.1. The number of nitrogens with one attached hydrogen (secondary N) is 1. The number of pyridine rings is 1. The Morgan fingerprint density at radius 1 is 1.24 bits per heavy atom. The molecule has 0 spiro atoms. The first-order valence-corrected chi connectivity index (χ1v) is 8.15. The summed E-state index contributed by atoms with van der Waals surface area (Å²) in [7, 11) is -3.55. The first kappa shape index (κ1) is 15.5. The molecule has 0 aliphatic carbocycles. The summed E-state index contributed by atoms with van der Waals surface area (Å²) in [5.74, 6) is 0. The zero-order chi connectivity index (χ0) is 15.5. The third kappa shape index (κ3) is 3.80. The number of benzene rings is 1. The van der Waals surface area contributed by atoms with E-state index in [1.807, 2.05) is 32.0 Å². The van der Waals surface area contributed by atoms with E-state index in [0.717, 1.165) is 16.8 Å². The molecule has 0 aliphatic heterocycles. The lowest BCUT2D eigenvalue weighted by Gasteiger charge is -2.10. The number of aromatic nitrogens is 1. The highest BCUT2D eigenvalue weighted by molar-refractivity contribution is 7.89. The average Bonchev–Trinajstić information content (AvgIpc) is 2.45. The molecule has 0 radical (unpaired) electrons. The van der Waals surface area contributed by atoms with Crippen molar-refractivity contribution in [2.75, 3.05) is 12.3 Å². The molecule has 0 saturated heterocycles. The molecule has 2 aromatic rings. The van der Waals surface area contributed by atoms with Crippen molar-refractivity contribution in [2.24, 2.45) is 0 Å². The number of nitrogens with zero attached hydrogens (tertiary/aromatic N) is 1. The normalized spacial score (nSPS) is 11.5. The molecule has 0 atom stereocenters. The van der Waals surface area contributed by atoms with E-state index in [4.69, 9.17) is 5.73 Å². The summed E-state index contributed by atoms with van der Waals surface area (Å²) in [6, 6.07) is 8.69. The van der Waals surface area contributed by atoms with Gasteiger partial charge in [-0.1, -0.05) is 6.07 Å². The minimum atomic E-state index is -3.55. The number of hydrogen-bond donors (Lipinski definition) is 2. The SMILES string of the molecule is Cc1cc(S(=O)(=O)NCCc2ccccn2)cc(N)c1C. The van der Waals surface area contributed by atoms with Gasteiger partial charge in [-0.3, -0.25) is 4.98 Å². The topological polar surface area (TPSA) is 85.1 Å². The number of anilines is 1. The Bertz CT molecular complexity index is 705. The van der Waals surface area contributed by atoms with Crippen LogP contribution in [0.1, 0.15) is 16.8 Å². The van der Waals surface area contributed by atoms with Crippen LogP contribution < -0.4 is 10.5 Å². The molecule has 0 amide bonds. The van der Waals surface area contributed by atoms with Crippen LogP contribution in [0.25, 0.3) is 0 Å². The van der Waals surface area contributed by atoms with Crippen molar-refractivity contribution in [3.63, 3.8) is 0 Å². The van der Waals surface area contributed by atoms with Crippen LogP contribution in [0.15, 0.2) is 41.4 Å². The lowest BCUT2D eigenvalue weighted by atomic mass is 10.1. The first-order chi connectivity index (χ1) is 9.90. The van der Waals surface area contributed by atoms with Crippen molar-refractivity contribution in [1.82, 2.24) is 9.71 Å². The Hall–Kier alpha value is -1.92. The highest BCUT2D eigenvalue weighted by Crippen LogP contribution is 2.21. The number of nitrogens with two attached hydrogens (primary N) is 1. The Morgan fingerprint density at radius 3 is 2.62 bits per heavy atom. The summed E-state index contributed by atoms with van der Waals surface area (Å²) in [5, 5.41) is 0. The third-order valence-electron chi connectivity index (χ3n) is 3.39. The minimum Gasteiger partial charge on any atom is -0.398 e. The van der Waals surface area contributed by atoms with Gasteiger partial charge < -0.3 is 5.73 Å². The van der Waals surface area contributed by atoms with Gasteiger partial charge in [0.1, 0.15) is 0 Å². The van der Waals surface area contributed by atoms with Crippen LogP contribution in [-0.2, 0) is 16.4 Å². The van der Waals surface area contributed by atoms with Gasteiger partial charge in [0.25, 0.3) is 0 Å². The number of sulfonamides is 1. The molecule has 5 nitrogen and oxygen atoms in total. The maximum absolute atomic E-state index is 12.3. The van der Waals surface area contributed by atoms with Gasteiger partial charge >= 0.3 is 0 Å². The standard InChI is InChI=1S/C15H19N3O2S/c1-11-9-14(10-15(16)12(11)2)21(19,20)18-8-6-13-5-3-4-7-17-13/h3-5,7,9-10,18H,6,8,16H2,1-2H3. The Kier molecular flexibility index (Phi) is 4.59. The molecule has 0 saturated carbocycles. The van der Waals surface area contributed by atoms with Gasteiger partial charge in [-0.2, -0.15) is 0 Å². The van der Waals surface area contributed by atoms with Gasteiger partial charge in [0.05, 0.1) is 4.90 Å². The van der Waals surface area contributed by atoms with Crippen molar-refractivity contribution in [1.29, 1.82) is 0 Å². The maximum Gasteiger partial charge on any atom is 0.240 e. The van der Waals surface area contributed by atoms with Gasteiger partial charge in [-0.05, 0) is 49.2 Å². The summed E-state index contributed by atoms with van der Waals surface area (Å²) in [6.07, 6.45) is 2.23. The van der Waals surface area contributed by atoms with Crippen molar-refractivity contribution in [3.05, 3.63) is 53.3 Å². The Balaban J connectivity index is 2.09. The molecule has 1 aromatic heterocycles. The fourth-order valence-corrected chi connectivity index (χ4v) is 3.10. The molecule has 1 aromatic carbocycles. The van der Waals surface area contributed by atoms with Gasteiger partial charge in [0, 0.05) is 30.5 Å². The number of aryl methyl sites for hydroxylation is 1. The van der Waals surface area contributed by atoms with E-state index in [1.165, 1.54) is 6.07 Å². The van der Waals surface area contributed by atoms with Crippen molar-refractivity contribution >= 4 is 15.7 Å². The van der Waals surface area contributed by atoms with Gasteiger partial charge in [-0.15, -0.1) is 0 Å². The van der Waals surface area contributed by atoms with E-state index >= 15 is 0 Å². The van der Waals surface area contributed by atoms with E-state index < -0.39 is 10.0 Å². The van der Waals surface area contributed by atoms with Crippen LogP contribution in [0.2, 0.25) is 0 Å². The quantitative estimate of drug-likeness (QED) is 0.825. The molecular weight excluding hydrogens is 286 g/mol. The fraction of sp³-hybridized carbons (Fsp3) is 0.267. The second-order valence-corrected chi connectivity index (χ2v) is 6.69. The molecule has 0 bridgehead atoms. The lowest BCUT2D eigenvalue weighted by Crippen LogP contribution is -2.26. The maximum atomic E-state index is 12.3. The predicted molar refractivity (Wildman–Crippen MR) is 83.5 cm³/mol. The minimum absolute atomic E-state index is 0.198. The molecule has 3 N–H and O–H groups in total. The lowest BCUT2D eigenvalue weighted by molar-refractivity contribution is 0.581. The molecule has 6 heteroatoms. The number of rotatable bonds is 5. The van der Waals surface area contributed by atoms with Gasteiger partial charge in [-0.25, -0.2) is 13.1 Å². The van der Waals surface area contributed by atoms with Crippen molar-refractivity contribution in [3.8, 4) is 0 Å². The van der Waals surface area contributed by atoms with Gasteiger partial charge in [0.15, 0.2) is 0 Å². The van der Waals surface area contributed by atoms with Gasteiger partial charge in [0.2, 0.25) is 10.0 Å². The largest absolute Gasteiger partial charge is 0.398 e. The van der Waals surface area contributed by atoms with Crippen molar-refractivity contribution in [2.45, 2.75) is 25.2 Å². The number of hydrogen-bond acceptors (Lipinski definition) is 4. The van der Waals surface area contributed by atoms with E-state index in [0.29, 0.717) is 18.7 Å². The molecule has 2 rings (SSSR count). The summed E-state index contributed by atoms with van der Waals surface area (Å²) in [4.78, 5) is 4.35. The highest BCUT2D eigenvalue weighted by Gasteiger charge is 2.15. The van der Waals surface area contributed by atoms with E-state index in [2.05, 4.69) is 9.71 Å². The Morgan fingerprint density at radius 2 is 2.00 bits per heavy atom. The average molecular weight is 305 g/mol. The summed E-state index contributed by atoms with van der Waals surface area (Å²) < 4.78 is 27.1. The van der Waals surface area contributed by atoms with Crippen LogP contribution in [0.4, 0.5) is 5.69 Å². The van der Waals surface area contributed by atoms with Crippen LogP contribution in [-0.4, -0.2) is 19.9 Å². The number of nitrogen functional groups attached to an aromatic ring is 1. The van der Waals surface area contributed by atoms with Crippen LogP contribution in [0.3, 0.4) is 0 Å². The van der Waals surface area contributed by atoms with Crippen LogP contribution >= 0.6 is 0 Å². The van der Waals surface area contributed by atoms with E-state index in [-0.39, 0.29) is 4.90 Å². The predicted octanol–water partition coefficient (Wildman–Crippen LogP) is 1.80.